The Morgan fingerprint density at radius 3 is 2.68 bits per heavy atom. The summed E-state index contributed by atoms with van der Waals surface area (Å²) in [7, 11) is 1.67. The number of ketones is 1. The third-order valence-corrected chi connectivity index (χ3v) is 4.76. The van der Waals surface area contributed by atoms with Crippen LogP contribution in [0.1, 0.15) is 36.5 Å². The number of ether oxygens (including phenoxy) is 1. The minimum absolute atomic E-state index is 0.213. The number of benzene rings is 2. The molecule has 1 N–H and O–H groups in total. The number of fused-ring (bicyclic) bond motifs is 1. The average Bonchev–Trinajstić information content (AvgIpc) is 3.03. The fourth-order valence-electron chi connectivity index (χ4n) is 3.54. The van der Waals surface area contributed by atoms with Gasteiger partial charge in [0.2, 0.25) is 0 Å². The molecule has 0 bridgehead atoms. The van der Waals surface area contributed by atoms with Crippen LogP contribution in [-0.4, -0.2) is 26.0 Å². The van der Waals surface area contributed by atoms with Crippen molar-refractivity contribution in [3.63, 3.8) is 0 Å². The van der Waals surface area contributed by atoms with E-state index in [1.54, 1.807) is 7.11 Å². The Bertz CT molecular complexity index is 687. The van der Waals surface area contributed by atoms with Crippen molar-refractivity contribution in [1.82, 2.24) is 5.32 Å². The van der Waals surface area contributed by atoms with Crippen LogP contribution < -0.4 is 10.1 Å². The number of nitrogens with one attached hydrogen (secondary N) is 1. The molecule has 0 amide bonds. The molecule has 0 saturated carbocycles. The lowest BCUT2D eigenvalue weighted by Crippen LogP contribution is -2.33. The Kier molecular flexibility index (Phi) is 4.16. The lowest BCUT2D eigenvalue weighted by Gasteiger charge is -2.26. The maximum atomic E-state index is 13.1. The zero-order valence-electron chi connectivity index (χ0n) is 13.3. The maximum absolute atomic E-state index is 13.1. The molecule has 1 saturated heterocycles. The molecular weight excluding hydrogens is 274 g/mol. The number of Topliss-reactive ketones (excluding diaryl/α,β-unsaturated/α-hetero) is 1. The number of hydrogen-bond donors (Lipinski definition) is 1. The van der Waals surface area contributed by atoms with Gasteiger partial charge in [-0.25, -0.2) is 0 Å². The molecule has 1 fully saturated rings. The zero-order valence-corrected chi connectivity index (χ0v) is 13.3. The van der Waals surface area contributed by atoms with Crippen LogP contribution in [0.25, 0.3) is 10.8 Å². The molecule has 1 atom stereocenters. The highest BCUT2D eigenvalue weighted by Gasteiger charge is 2.40. The molecule has 3 heteroatoms. The van der Waals surface area contributed by atoms with E-state index in [4.69, 9.17) is 4.74 Å². The van der Waals surface area contributed by atoms with Gasteiger partial charge in [0.15, 0.2) is 5.78 Å². The molecule has 1 unspecified atom stereocenters. The number of hydrogen-bond acceptors (Lipinski definition) is 3. The van der Waals surface area contributed by atoms with E-state index in [2.05, 4.69) is 12.2 Å². The van der Waals surface area contributed by atoms with E-state index in [0.717, 1.165) is 54.4 Å². The van der Waals surface area contributed by atoms with Crippen molar-refractivity contribution in [2.75, 3.05) is 20.2 Å². The van der Waals surface area contributed by atoms with Crippen LogP contribution in [0.2, 0.25) is 0 Å². The van der Waals surface area contributed by atoms with Gasteiger partial charge in [-0.1, -0.05) is 31.5 Å². The predicted octanol–water partition coefficient (Wildman–Crippen LogP) is 3.81. The van der Waals surface area contributed by atoms with Crippen LogP contribution in [0, 0.1) is 5.41 Å². The lowest BCUT2D eigenvalue weighted by atomic mass is 9.76. The van der Waals surface area contributed by atoms with Crippen molar-refractivity contribution in [2.45, 2.75) is 26.2 Å². The Balaban J connectivity index is 1.97. The molecule has 0 spiro atoms. The van der Waals surface area contributed by atoms with Gasteiger partial charge in [0.25, 0.3) is 0 Å². The van der Waals surface area contributed by atoms with Crippen molar-refractivity contribution >= 4 is 16.6 Å². The second-order valence-corrected chi connectivity index (χ2v) is 6.21. The summed E-state index contributed by atoms with van der Waals surface area (Å²) in [6, 6.07) is 12.0. The van der Waals surface area contributed by atoms with Crippen molar-refractivity contribution in [2.24, 2.45) is 5.41 Å². The molecular formula is C19H23NO2. The van der Waals surface area contributed by atoms with E-state index in [1.807, 2.05) is 36.4 Å². The molecule has 116 valence electrons. The number of carbonyl (C=O) groups is 1. The monoisotopic (exact) mass is 297 g/mol. The first-order valence-electron chi connectivity index (χ1n) is 8.02. The van der Waals surface area contributed by atoms with Crippen LogP contribution in [0.4, 0.5) is 0 Å². The molecule has 0 aromatic heterocycles. The van der Waals surface area contributed by atoms with E-state index in [-0.39, 0.29) is 11.2 Å². The Morgan fingerprint density at radius 1 is 1.23 bits per heavy atom. The second kappa shape index (κ2) is 6.09. The summed E-state index contributed by atoms with van der Waals surface area (Å²) in [6.45, 7) is 3.90. The lowest BCUT2D eigenvalue weighted by molar-refractivity contribution is 0.0802. The first kappa shape index (κ1) is 15.0. The summed E-state index contributed by atoms with van der Waals surface area (Å²) < 4.78 is 5.25. The number of rotatable bonds is 5. The van der Waals surface area contributed by atoms with Crippen molar-refractivity contribution in [3.05, 3.63) is 42.0 Å². The largest absolute Gasteiger partial charge is 0.497 e. The molecule has 2 aromatic rings. The third-order valence-electron chi connectivity index (χ3n) is 4.76. The summed E-state index contributed by atoms with van der Waals surface area (Å²) in [6.07, 6.45) is 2.94. The van der Waals surface area contributed by atoms with E-state index in [0.29, 0.717) is 0 Å². The summed E-state index contributed by atoms with van der Waals surface area (Å²) >= 11 is 0. The summed E-state index contributed by atoms with van der Waals surface area (Å²) in [4.78, 5) is 13.1. The maximum Gasteiger partial charge on any atom is 0.170 e. The molecule has 3 nitrogen and oxygen atoms in total. The van der Waals surface area contributed by atoms with E-state index < -0.39 is 0 Å². The van der Waals surface area contributed by atoms with Crippen LogP contribution in [0.3, 0.4) is 0 Å². The van der Waals surface area contributed by atoms with Gasteiger partial charge in [-0.3, -0.25) is 4.79 Å². The Morgan fingerprint density at radius 2 is 2.00 bits per heavy atom. The summed E-state index contributed by atoms with van der Waals surface area (Å²) in [5.41, 5.74) is 0.615. The molecule has 2 aromatic carbocycles. The fraction of sp³-hybridized carbons (Fsp3) is 0.421. The Hall–Kier alpha value is -1.87. The first-order chi connectivity index (χ1) is 10.7. The number of carbonyl (C=O) groups excluding carboxylic acids is 1. The van der Waals surface area contributed by atoms with E-state index >= 15 is 0 Å². The molecule has 0 radical (unpaired) electrons. The molecule has 3 rings (SSSR count). The highest BCUT2D eigenvalue weighted by atomic mass is 16.5. The van der Waals surface area contributed by atoms with Gasteiger partial charge in [0, 0.05) is 17.5 Å². The van der Waals surface area contributed by atoms with Gasteiger partial charge < -0.3 is 10.1 Å². The molecule has 1 aliphatic rings. The van der Waals surface area contributed by atoms with Gasteiger partial charge in [-0.05, 0) is 48.4 Å². The fourth-order valence-corrected chi connectivity index (χ4v) is 3.54. The van der Waals surface area contributed by atoms with E-state index in [9.17, 15) is 4.79 Å². The molecule has 1 heterocycles. The van der Waals surface area contributed by atoms with Crippen molar-refractivity contribution in [3.8, 4) is 5.75 Å². The van der Waals surface area contributed by atoms with Gasteiger partial charge >= 0.3 is 0 Å². The normalized spacial score (nSPS) is 21.2. The van der Waals surface area contributed by atoms with Gasteiger partial charge in [0.05, 0.1) is 7.11 Å². The van der Waals surface area contributed by atoms with Gasteiger partial charge in [-0.2, -0.15) is 0 Å². The zero-order chi connectivity index (χ0) is 15.6. The Labute approximate surface area is 131 Å². The SMILES string of the molecule is CCCC1(C(=O)c2ccc3cc(OC)ccc3c2)CCNC1. The van der Waals surface area contributed by atoms with Crippen LogP contribution >= 0.6 is 0 Å². The van der Waals surface area contributed by atoms with Gasteiger partial charge in [0.1, 0.15) is 5.75 Å². The van der Waals surface area contributed by atoms with Crippen molar-refractivity contribution in [1.29, 1.82) is 0 Å². The molecule has 0 aliphatic carbocycles. The standard InChI is InChI=1S/C19H23NO2/c1-3-8-19(9-10-20-13-19)18(21)16-5-4-15-12-17(22-2)7-6-14(15)11-16/h4-7,11-12,20H,3,8-10,13H2,1-2H3. The van der Waals surface area contributed by atoms with Crippen LogP contribution in [0.5, 0.6) is 5.75 Å². The summed E-state index contributed by atoms with van der Waals surface area (Å²) in [5.74, 6) is 1.13. The van der Waals surface area contributed by atoms with Crippen molar-refractivity contribution < 1.29 is 9.53 Å². The smallest absolute Gasteiger partial charge is 0.170 e. The van der Waals surface area contributed by atoms with Crippen LogP contribution in [-0.2, 0) is 0 Å². The van der Waals surface area contributed by atoms with E-state index in [1.165, 1.54) is 0 Å². The third kappa shape index (κ3) is 2.61. The molecule has 22 heavy (non-hydrogen) atoms. The first-order valence-corrected chi connectivity index (χ1v) is 8.02. The quantitative estimate of drug-likeness (QED) is 0.853. The predicted molar refractivity (Wildman–Crippen MR) is 89.7 cm³/mol. The minimum atomic E-state index is -0.213. The molecule has 1 aliphatic heterocycles. The highest BCUT2D eigenvalue weighted by molar-refractivity contribution is 6.03. The minimum Gasteiger partial charge on any atom is -0.497 e. The summed E-state index contributed by atoms with van der Waals surface area (Å²) in [5, 5.41) is 5.55. The highest BCUT2D eigenvalue weighted by Crippen LogP contribution is 2.35. The number of methoxy groups -OCH3 is 1. The topological polar surface area (TPSA) is 38.3 Å². The average molecular weight is 297 g/mol. The second-order valence-electron chi connectivity index (χ2n) is 6.21. The van der Waals surface area contributed by atoms with Crippen LogP contribution in [0.15, 0.2) is 36.4 Å². The van der Waals surface area contributed by atoms with Gasteiger partial charge in [-0.15, -0.1) is 0 Å².